The summed E-state index contributed by atoms with van der Waals surface area (Å²) in [6, 6.07) is 25.5. The number of hydrogen-bond acceptors (Lipinski definition) is 3. The maximum atomic E-state index is 14.6. The van der Waals surface area contributed by atoms with Crippen LogP contribution in [-0.2, 0) is 28.3 Å². The van der Waals surface area contributed by atoms with E-state index in [1.807, 2.05) is 48.5 Å². The summed E-state index contributed by atoms with van der Waals surface area (Å²) in [6.07, 6.45) is 2.47. The molecule has 36 heavy (non-hydrogen) atoms. The Balaban J connectivity index is 1.79. The molecule has 0 aliphatic carbocycles. The number of thioether (sulfide) groups is 1. The van der Waals surface area contributed by atoms with Gasteiger partial charge < -0.3 is 10.2 Å². The number of unbranched alkanes of at least 4 members (excludes halogenated alkanes) is 1. The average molecular weight is 507 g/mol. The highest BCUT2D eigenvalue weighted by atomic mass is 32.2. The smallest absolute Gasteiger partial charge is 0.243 e. The standard InChI is InChI=1S/C30H35FN2O2S/c1-2-3-19-32-30(35)28(21-24-12-6-4-7-13-24)33(22-26-16-10-11-17-27(26)31)29(34)18-20-36-23-25-14-8-5-9-15-25/h4-17,28H,2-3,18-23H2,1H3,(H,32,35)/t28-/m0/s1. The molecule has 4 nitrogen and oxygen atoms in total. The van der Waals surface area contributed by atoms with Gasteiger partial charge in [0.05, 0.1) is 0 Å². The van der Waals surface area contributed by atoms with Crippen LogP contribution in [0.1, 0.15) is 42.9 Å². The highest BCUT2D eigenvalue weighted by molar-refractivity contribution is 7.98. The normalized spacial score (nSPS) is 11.6. The maximum Gasteiger partial charge on any atom is 0.243 e. The maximum absolute atomic E-state index is 14.6. The summed E-state index contributed by atoms with van der Waals surface area (Å²) >= 11 is 1.68. The van der Waals surface area contributed by atoms with Gasteiger partial charge in [0.1, 0.15) is 11.9 Å². The zero-order chi connectivity index (χ0) is 25.6. The summed E-state index contributed by atoms with van der Waals surface area (Å²) in [5, 5.41) is 3.00. The molecule has 0 unspecified atom stereocenters. The summed E-state index contributed by atoms with van der Waals surface area (Å²) in [6.45, 7) is 2.66. The van der Waals surface area contributed by atoms with Gasteiger partial charge in [-0.15, -0.1) is 0 Å². The van der Waals surface area contributed by atoms with Crippen LogP contribution in [-0.4, -0.2) is 35.1 Å². The van der Waals surface area contributed by atoms with Crippen molar-refractivity contribution in [2.45, 2.75) is 50.9 Å². The van der Waals surface area contributed by atoms with E-state index in [1.54, 1.807) is 34.9 Å². The Bertz CT molecular complexity index is 1080. The van der Waals surface area contributed by atoms with E-state index in [0.717, 1.165) is 24.2 Å². The monoisotopic (exact) mass is 506 g/mol. The third-order valence-electron chi connectivity index (χ3n) is 5.97. The molecule has 3 aromatic rings. The van der Waals surface area contributed by atoms with Gasteiger partial charge in [0.2, 0.25) is 11.8 Å². The summed E-state index contributed by atoms with van der Waals surface area (Å²) in [4.78, 5) is 28.5. The second-order valence-electron chi connectivity index (χ2n) is 8.75. The number of nitrogens with zero attached hydrogens (tertiary/aromatic N) is 1. The molecule has 0 fully saturated rings. The van der Waals surface area contributed by atoms with Gasteiger partial charge >= 0.3 is 0 Å². The van der Waals surface area contributed by atoms with E-state index in [-0.39, 0.29) is 30.6 Å². The topological polar surface area (TPSA) is 49.4 Å². The van der Waals surface area contributed by atoms with Crippen molar-refractivity contribution in [2.75, 3.05) is 12.3 Å². The number of nitrogens with one attached hydrogen (secondary N) is 1. The highest BCUT2D eigenvalue weighted by Gasteiger charge is 2.30. The molecule has 1 N–H and O–H groups in total. The van der Waals surface area contributed by atoms with Gasteiger partial charge in [0.25, 0.3) is 0 Å². The van der Waals surface area contributed by atoms with Crippen LogP contribution in [0.5, 0.6) is 0 Å². The Hall–Kier alpha value is -3.12. The summed E-state index contributed by atoms with van der Waals surface area (Å²) in [5.41, 5.74) is 2.57. The van der Waals surface area contributed by atoms with Crippen LogP contribution < -0.4 is 5.32 Å². The molecule has 6 heteroatoms. The Kier molecular flexibility index (Phi) is 11.5. The minimum atomic E-state index is -0.726. The molecule has 0 aliphatic heterocycles. The van der Waals surface area contributed by atoms with Gasteiger partial charge in [-0.25, -0.2) is 4.39 Å². The van der Waals surface area contributed by atoms with Crippen LogP contribution in [0, 0.1) is 5.82 Å². The van der Waals surface area contributed by atoms with Crippen molar-refractivity contribution in [1.82, 2.24) is 10.2 Å². The van der Waals surface area contributed by atoms with E-state index in [0.29, 0.717) is 24.3 Å². The van der Waals surface area contributed by atoms with Gasteiger partial charge in [-0.1, -0.05) is 92.2 Å². The second kappa shape index (κ2) is 15.1. The number of carbonyl (C=O) groups is 2. The zero-order valence-corrected chi connectivity index (χ0v) is 21.7. The number of hydrogen-bond donors (Lipinski definition) is 1. The van der Waals surface area contributed by atoms with E-state index in [1.165, 1.54) is 11.6 Å². The summed E-state index contributed by atoms with van der Waals surface area (Å²) < 4.78 is 14.6. The van der Waals surface area contributed by atoms with E-state index in [2.05, 4.69) is 24.4 Å². The lowest BCUT2D eigenvalue weighted by Crippen LogP contribution is -2.50. The summed E-state index contributed by atoms with van der Waals surface area (Å²) in [7, 11) is 0. The number of benzene rings is 3. The third kappa shape index (κ3) is 8.83. The van der Waals surface area contributed by atoms with Crippen LogP contribution in [0.2, 0.25) is 0 Å². The van der Waals surface area contributed by atoms with Crippen molar-refractivity contribution in [2.24, 2.45) is 0 Å². The number of halogens is 1. The van der Waals surface area contributed by atoms with Gasteiger partial charge in [-0.2, -0.15) is 11.8 Å². The molecule has 3 aromatic carbocycles. The van der Waals surface area contributed by atoms with Crippen LogP contribution >= 0.6 is 11.8 Å². The molecule has 0 saturated heterocycles. The Morgan fingerprint density at radius 3 is 2.22 bits per heavy atom. The predicted molar refractivity (Wildman–Crippen MR) is 146 cm³/mol. The number of rotatable bonds is 14. The molecule has 190 valence electrons. The van der Waals surface area contributed by atoms with E-state index in [9.17, 15) is 14.0 Å². The lowest BCUT2D eigenvalue weighted by molar-refractivity contribution is -0.141. The van der Waals surface area contributed by atoms with Crippen molar-refractivity contribution in [1.29, 1.82) is 0 Å². The number of amides is 2. The molecule has 0 saturated carbocycles. The first-order chi connectivity index (χ1) is 17.6. The van der Waals surface area contributed by atoms with Crippen molar-refractivity contribution in [3.8, 4) is 0 Å². The minimum Gasteiger partial charge on any atom is -0.354 e. The molecule has 0 spiro atoms. The molecule has 0 bridgehead atoms. The van der Waals surface area contributed by atoms with Crippen LogP contribution in [0.15, 0.2) is 84.9 Å². The minimum absolute atomic E-state index is 0.0492. The van der Waals surface area contributed by atoms with E-state index < -0.39 is 6.04 Å². The van der Waals surface area contributed by atoms with Crippen LogP contribution in [0.25, 0.3) is 0 Å². The molecule has 0 radical (unpaired) electrons. The van der Waals surface area contributed by atoms with Crippen LogP contribution in [0.3, 0.4) is 0 Å². The second-order valence-corrected chi connectivity index (χ2v) is 9.86. The van der Waals surface area contributed by atoms with E-state index in [4.69, 9.17) is 0 Å². The molecular weight excluding hydrogens is 471 g/mol. The lowest BCUT2D eigenvalue weighted by Gasteiger charge is -2.31. The largest absolute Gasteiger partial charge is 0.354 e. The van der Waals surface area contributed by atoms with Gasteiger partial charge in [0, 0.05) is 43.0 Å². The van der Waals surface area contributed by atoms with Crippen molar-refractivity contribution in [3.05, 3.63) is 107 Å². The van der Waals surface area contributed by atoms with E-state index >= 15 is 0 Å². The molecule has 0 aromatic heterocycles. The van der Waals surface area contributed by atoms with Crippen molar-refractivity contribution in [3.63, 3.8) is 0 Å². The fourth-order valence-corrected chi connectivity index (χ4v) is 4.83. The van der Waals surface area contributed by atoms with Gasteiger partial charge in [-0.3, -0.25) is 9.59 Å². The molecular formula is C30H35FN2O2S. The summed E-state index contributed by atoms with van der Waals surface area (Å²) in [5.74, 6) is 0.710. The van der Waals surface area contributed by atoms with Crippen molar-refractivity contribution < 1.29 is 14.0 Å². The average Bonchev–Trinajstić information content (AvgIpc) is 2.91. The molecule has 3 rings (SSSR count). The zero-order valence-electron chi connectivity index (χ0n) is 20.9. The third-order valence-corrected chi connectivity index (χ3v) is 7.00. The first kappa shape index (κ1) is 27.5. The molecule has 0 heterocycles. The first-order valence-electron chi connectivity index (χ1n) is 12.5. The first-order valence-corrected chi connectivity index (χ1v) is 13.7. The fraction of sp³-hybridized carbons (Fsp3) is 0.333. The van der Waals surface area contributed by atoms with Gasteiger partial charge in [-0.05, 0) is 23.6 Å². The highest BCUT2D eigenvalue weighted by Crippen LogP contribution is 2.19. The number of carbonyl (C=O) groups excluding carboxylic acids is 2. The fourth-order valence-electron chi connectivity index (χ4n) is 3.94. The molecule has 2 amide bonds. The van der Waals surface area contributed by atoms with Gasteiger partial charge in [0.15, 0.2) is 0 Å². The SMILES string of the molecule is CCCCNC(=O)[C@H](Cc1ccccc1)N(Cc1ccccc1F)C(=O)CCSCc1ccccc1. The molecule has 1 atom stereocenters. The van der Waals surface area contributed by atoms with Crippen LogP contribution in [0.4, 0.5) is 4.39 Å². The quantitative estimate of drug-likeness (QED) is 0.273. The van der Waals surface area contributed by atoms with Crippen molar-refractivity contribution >= 4 is 23.6 Å². The Labute approximate surface area is 218 Å². The Morgan fingerprint density at radius 1 is 0.917 bits per heavy atom. The predicted octanol–water partition coefficient (Wildman–Crippen LogP) is 6.01. The lowest BCUT2D eigenvalue weighted by atomic mass is 10.0. The Morgan fingerprint density at radius 2 is 1.56 bits per heavy atom. The molecule has 0 aliphatic rings.